The number of carbonyl (C=O) groups is 1. The van der Waals surface area contributed by atoms with Gasteiger partial charge < -0.3 is 19.4 Å². The van der Waals surface area contributed by atoms with E-state index in [0.717, 1.165) is 5.46 Å². The van der Waals surface area contributed by atoms with Gasteiger partial charge in [-0.05, 0) is 53.7 Å². The average Bonchev–Trinajstić information content (AvgIpc) is 2.64. The lowest BCUT2D eigenvalue weighted by Gasteiger charge is -2.32. The molecule has 7 heteroatoms. The van der Waals surface area contributed by atoms with Gasteiger partial charge in [-0.1, -0.05) is 17.7 Å². The zero-order chi connectivity index (χ0) is 18.1. The van der Waals surface area contributed by atoms with Crippen LogP contribution in [0.3, 0.4) is 0 Å². The second-order valence-electron chi connectivity index (χ2n) is 7.28. The Balaban J connectivity index is 2.04. The molecule has 0 aliphatic carbocycles. The number of amides is 1. The molecule has 1 aliphatic rings. The van der Waals surface area contributed by atoms with Gasteiger partial charge in [-0.2, -0.15) is 0 Å². The first-order valence-corrected chi connectivity index (χ1v) is 8.47. The predicted octanol–water partition coefficient (Wildman–Crippen LogP) is 2.54. The Labute approximate surface area is 149 Å². The number of hydrogen-bond donors (Lipinski definition) is 1. The molecule has 24 heavy (non-hydrogen) atoms. The predicted molar refractivity (Wildman–Crippen MR) is 95.9 cm³/mol. The van der Waals surface area contributed by atoms with Gasteiger partial charge in [0.05, 0.1) is 11.2 Å². The Hall–Kier alpha value is -1.24. The molecule has 1 N–H and O–H groups in total. The van der Waals surface area contributed by atoms with Crippen LogP contribution in [-0.2, 0) is 14.1 Å². The van der Waals surface area contributed by atoms with Gasteiger partial charge in [0, 0.05) is 16.5 Å². The van der Waals surface area contributed by atoms with Crippen LogP contribution in [0.2, 0.25) is 5.02 Å². The average molecular weight is 354 g/mol. The van der Waals surface area contributed by atoms with Crippen molar-refractivity contribution in [2.24, 2.45) is 0 Å². The summed E-state index contributed by atoms with van der Waals surface area (Å²) in [5.41, 5.74) is -0.106. The fraction of sp³-hybridized carbons (Fsp3) is 0.588. The van der Waals surface area contributed by atoms with Crippen molar-refractivity contribution in [3.63, 3.8) is 0 Å². The summed E-state index contributed by atoms with van der Waals surface area (Å²) in [6.45, 7) is 11.7. The molecule has 1 amide bonds. The first kappa shape index (κ1) is 19.1. The van der Waals surface area contributed by atoms with Crippen LogP contribution in [-0.4, -0.2) is 36.9 Å². The summed E-state index contributed by atoms with van der Waals surface area (Å²) in [6.07, 6.45) is 0. The zero-order valence-corrected chi connectivity index (χ0v) is 15.9. The van der Waals surface area contributed by atoms with Crippen LogP contribution < -0.4 is 15.5 Å². The van der Waals surface area contributed by atoms with Crippen LogP contribution in [0, 0.1) is 0 Å². The Morgan fingerprint density at radius 3 is 2.33 bits per heavy atom. The van der Waals surface area contributed by atoms with Crippen molar-refractivity contribution >= 4 is 30.1 Å². The van der Waals surface area contributed by atoms with Crippen molar-refractivity contribution in [3.8, 4) is 5.75 Å². The molecule has 0 saturated carbocycles. The van der Waals surface area contributed by atoms with Gasteiger partial charge in [-0.25, -0.2) is 0 Å². The molecule has 0 spiro atoms. The smallest absolute Gasteiger partial charge is 0.484 e. The summed E-state index contributed by atoms with van der Waals surface area (Å²) in [4.78, 5) is 11.6. The van der Waals surface area contributed by atoms with Crippen molar-refractivity contribution in [3.05, 3.63) is 23.2 Å². The van der Waals surface area contributed by atoms with Crippen LogP contribution in [0.15, 0.2) is 18.2 Å². The van der Waals surface area contributed by atoms with E-state index in [9.17, 15) is 4.79 Å². The molecule has 0 unspecified atom stereocenters. The summed E-state index contributed by atoms with van der Waals surface area (Å²) in [7, 11) is -0.527. The molecule has 1 aromatic rings. The standard InChI is InChI=1S/C17H25BClNO4/c1-11(2)20-15(21)10-22-12-7-8-13(14(19)9-12)18-23-16(3,4)17(5,6)24-18/h7-9,11H,10H2,1-6H3,(H,20,21). The van der Waals surface area contributed by atoms with E-state index in [2.05, 4.69) is 5.32 Å². The van der Waals surface area contributed by atoms with Crippen molar-refractivity contribution in [1.29, 1.82) is 0 Å². The molecule has 132 valence electrons. The van der Waals surface area contributed by atoms with Crippen LogP contribution in [0.4, 0.5) is 0 Å². The normalized spacial score (nSPS) is 18.8. The zero-order valence-electron chi connectivity index (χ0n) is 15.1. The number of ether oxygens (including phenoxy) is 1. The lowest BCUT2D eigenvalue weighted by atomic mass is 9.79. The first-order chi connectivity index (χ1) is 11.0. The van der Waals surface area contributed by atoms with E-state index in [1.807, 2.05) is 41.5 Å². The lowest BCUT2D eigenvalue weighted by molar-refractivity contribution is -0.123. The van der Waals surface area contributed by atoms with Gasteiger partial charge in [0.2, 0.25) is 0 Å². The second kappa shape index (κ2) is 6.94. The molecule has 0 radical (unpaired) electrons. The second-order valence-corrected chi connectivity index (χ2v) is 7.69. The van der Waals surface area contributed by atoms with E-state index in [1.165, 1.54) is 0 Å². The molecule has 2 rings (SSSR count). The van der Waals surface area contributed by atoms with Crippen molar-refractivity contribution in [2.75, 3.05) is 6.61 Å². The largest absolute Gasteiger partial charge is 0.496 e. The Kier molecular flexibility index (Phi) is 5.52. The summed E-state index contributed by atoms with van der Waals surface area (Å²) in [5, 5.41) is 3.25. The van der Waals surface area contributed by atoms with Gasteiger partial charge in [-0.15, -0.1) is 0 Å². The first-order valence-electron chi connectivity index (χ1n) is 8.09. The topological polar surface area (TPSA) is 56.8 Å². The van der Waals surface area contributed by atoms with Gasteiger partial charge >= 0.3 is 7.12 Å². The molecular formula is C17H25BClNO4. The molecule has 1 fully saturated rings. The fourth-order valence-electron chi connectivity index (χ4n) is 2.27. The Bertz CT molecular complexity index is 603. The number of benzene rings is 1. The maximum atomic E-state index is 11.6. The summed E-state index contributed by atoms with van der Waals surface area (Å²) in [6, 6.07) is 5.31. The minimum Gasteiger partial charge on any atom is -0.484 e. The van der Waals surface area contributed by atoms with E-state index in [-0.39, 0.29) is 18.6 Å². The molecule has 1 aliphatic heterocycles. The third-order valence-corrected chi connectivity index (χ3v) is 4.63. The highest BCUT2D eigenvalue weighted by molar-refractivity contribution is 6.65. The van der Waals surface area contributed by atoms with E-state index >= 15 is 0 Å². The maximum absolute atomic E-state index is 11.6. The molecule has 5 nitrogen and oxygen atoms in total. The third-order valence-electron chi connectivity index (χ3n) is 4.30. The Morgan fingerprint density at radius 1 is 1.25 bits per heavy atom. The lowest BCUT2D eigenvalue weighted by Crippen LogP contribution is -2.41. The van der Waals surface area contributed by atoms with E-state index < -0.39 is 18.3 Å². The maximum Gasteiger partial charge on any atom is 0.496 e. The number of carbonyl (C=O) groups excluding carboxylic acids is 1. The van der Waals surface area contributed by atoms with E-state index in [1.54, 1.807) is 18.2 Å². The molecule has 0 bridgehead atoms. The number of nitrogens with one attached hydrogen (secondary N) is 1. The van der Waals surface area contributed by atoms with Gasteiger partial charge in [0.15, 0.2) is 6.61 Å². The molecule has 1 aromatic carbocycles. The SMILES string of the molecule is CC(C)NC(=O)COc1ccc(B2OC(C)(C)C(C)(C)O2)c(Cl)c1. The summed E-state index contributed by atoms with van der Waals surface area (Å²) >= 11 is 6.35. The number of rotatable bonds is 5. The molecular weight excluding hydrogens is 328 g/mol. The van der Waals surface area contributed by atoms with Crippen LogP contribution in [0.1, 0.15) is 41.5 Å². The van der Waals surface area contributed by atoms with E-state index in [0.29, 0.717) is 10.8 Å². The van der Waals surface area contributed by atoms with Crippen LogP contribution in [0.25, 0.3) is 0 Å². The van der Waals surface area contributed by atoms with Crippen LogP contribution in [0.5, 0.6) is 5.75 Å². The quantitative estimate of drug-likeness (QED) is 0.827. The molecule has 1 saturated heterocycles. The van der Waals surface area contributed by atoms with Crippen molar-refractivity contribution in [1.82, 2.24) is 5.32 Å². The molecule has 0 atom stereocenters. The van der Waals surface area contributed by atoms with Crippen molar-refractivity contribution < 1.29 is 18.8 Å². The van der Waals surface area contributed by atoms with E-state index in [4.69, 9.17) is 25.6 Å². The third kappa shape index (κ3) is 4.24. The minimum absolute atomic E-state index is 0.0512. The summed E-state index contributed by atoms with van der Waals surface area (Å²) in [5.74, 6) is 0.357. The highest BCUT2D eigenvalue weighted by Crippen LogP contribution is 2.37. The molecule has 0 aromatic heterocycles. The van der Waals surface area contributed by atoms with Gasteiger partial charge in [-0.3, -0.25) is 4.79 Å². The highest BCUT2D eigenvalue weighted by atomic mass is 35.5. The fourth-order valence-corrected chi connectivity index (χ4v) is 2.53. The highest BCUT2D eigenvalue weighted by Gasteiger charge is 2.52. The summed E-state index contributed by atoms with van der Waals surface area (Å²) < 4.78 is 17.5. The van der Waals surface area contributed by atoms with Crippen LogP contribution >= 0.6 is 11.6 Å². The minimum atomic E-state index is -0.527. The number of halogens is 1. The van der Waals surface area contributed by atoms with Crippen molar-refractivity contribution in [2.45, 2.75) is 58.8 Å². The van der Waals surface area contributed by atoms with Gasteiger partial charge in [0.25, 0.3) is 5.91 Å². The monoisotopic (exact) mass is 353 g/mol. The number of hydrogen-bond acceptors (Lipinski definition) is 4. The van der Waals surface area contributed by atoms with Gasteiger partial charge in [0.1, 0.15) is 5.75 Å². The Morgan fingerprint density at radius 2 is 1.83 bits per heavy atom. The molecule has 1 heterocycles.